The number of amides is 1. The molecule has 1 amide bonds. The van der Waals surface area contributed by atoms with Gasteiger partial charge in [0, 0.05) is 6.54 Å². The predicted molar refractivity (Wildman–Crippen MR) is 57.8 cm³/mol. The zero-order chi connectivity index (χ0) is 10.7. The average molecular weight is 198 g/mol. The fourth-order valence-electron chi connectivity index (χ4n) is 1.93. The Hall–Kier alpha value is -0.570. The second-order valence-corrected chi connectivity index (χ2v) is 4.46. The summed E-state index contributed by atoms with van der Waals surface area (Å²) in [5.74, 6) is 0.748. The third-order valence-corrected chi connectivity index (χ3v) is 2.79. The summed E-state index contributed by atoms with van der Waals surface area (Å²) in [7, 11) is 0. The molecule has 0 aliphatic carbocycles. The van der Waals surface area contributed by atoms with Crippen molar-refractivity contribution in [2.45, 2.75) is 52.7 Å². The van der Waals surface area contributed by atoms with E-state index in [4.69, 9.17) is 0 Å². The maximum Gasteiger partial charge on any atom is 0.240 e. The standard InChI is InChI=1S/C11H22N2O/c1-5-6-7-13-10(8(2)3)12-9(4)11(13)14/h8-10,12H,5-7H2,1-4H3. The van der Waals surface area contributed by atoms with E-state index in [0.717, 1.165) is 19.4 Å². The van der Waals surface area contributed by atoms with Gasteiger partial charge in [-0.3, -0.25) is 10.1 Å². The van der Waals surface area contributed by atoms with Gasteiger partial charge >= 0.3 is 0 Å². The van der Waals surface area contributed by atoms with Crippen LogP contribution in [0, 0.1) is 5.92 Å². The van der Waals surface area contributed by atoms with E-state index in [0.29, 0.717) is 5.92 Å². The van der Waals surface area contributed by atoms with E-state index in [1.807, 2.05) is 11.8 Å². The molecule has 3 nitrogen and oxygen atoms in total. The Morgan fingerprint density at radius 2 is 2.14 bits per heavy atom. The second-order valence-electron chi connectivity index (χ2n) is 4.46. The highest BCUT2D eigenvalue weighted by molar-refractivity contribution is 5.83. The number of hydrogen-bond donors (Lipinski definition) is 1. The SMILES string of the molecule is CCCCN1C(=O)C(C)NC1C(C)C. The van der Waals surface area contributed by atoms with Gasteiger partial charge in [0.05, 0.1) is 12.2 Å². The highest BCUT2D eigenvalue weighted by Crippen LogP contribution is 2.17. The van der Waals surface area contributed by atoms with Gasteiger partial charge in [0.25, 0.3) is 0 Å². The zero-order valence-electron chi connectivity index (χ0n) is 9.71. The number of carbonyl (C=O) groups is 1. The Bertz CT molecular complexity index is 203. The van der Waals surface area contributed by atoms with Gasteiger partial charge in [0.1, 0.15) is 0 Å². The van der Waals surface area contributed by atoms with E-state index < -0.39 is 0 Å². The first-order valence-corrected chi connectivity index (χ1v) is 5.64. The molecule has 1 fully saturated rings. The Labute approximate surface area is 86.9 Å². The lowest BCUT2D eigenvalue weighted by Gasteiger charge is -2.27. The van der Waals surface area contributed by atoms with Crippen molar-refractivity contribution in [2.24, 2.45) is 5.92 Å². The Balaban J connectivity index is 2.61. The average Bonchev–Trinajstić information content (AvgIpc) is 2.41. The minimum Gasteiger partial charge on any atom is -0.326 e. The molecule has 0 spiro atoms. The number of nitrogens with one attached hydrogen (secondary N) is 1. The van der Waals surface area contributed by atoms with Crippen LogP contribution in [0.15, 0.2) is 0 Å². The van der Waals surface area contributed by atoms with Crippen LogP contribution in [-0.4, -0.2) is 29.6 Å². The quantitative estimate of drug-likeness (QED) is 0.744. The lowest BCUT2D eigenvalue weighted by atomic mass is 10.1. The van der Waals surface area contributed by atoms with Crippen LogP contribution in [0.4, 0.5) is 0 Å². The topological polar surface area (TPSA) is 32.3 Å². The molecule has 2 atom stereocenters. The maximum absolute atomic E-state index is 11.8. The highest BCUT2D eigenvalue weighted by atomic mass is 16.2. The molecular weight excluding hydrogens is 176 g/mol. The monoisotopic (exact) mass is 198 g/mol. The van der Waals surface area contributed by atoms with Gasteiger partial charge in [-0.25, -0.2) is 0 Å². The lowest BCUT2D eigenvalue weighted by molar-refractivity contribution is -0.130. The van der Waals surface area contributed by atoms with Gasteiger partial charge < -0.3 is 4.90 Å². The summed E-state index contributed by atoms with van der Waals surface area (Å²) in [6.45, 7) is 9.31. The smallest absolute Gasteiger partial charge is 0.240 e. The highest BCUT2D eigenvalue weighted by Gasteiger charge is 2.36. The van der Waals surface area contributed by atoms with E-state index in [9.17, 15) is 4.79 Å². The first-order valence-electron chi connectivity index (χ1n) is 5.64. The zero-order valence-corrected chi connectivity index (χ0v) is 9.71. The first-order chi connectivity index (χ1) is 6.57. The summed E-state index contributed by atoms with van der Waals surface area (Å²) < 4.78 is 0. The van der Waals surface area contributed by atoms with Crippen LogP contribution in [0.2, 0.25) is 0 Å². The molecule has 82 valence electrons. The van der Waals surface area contributed by atoms with Gasteiger partial charge in [0.15, 0.2) is 0 Å². The molecule has 1 N–H and O–H groups in total. The molecule has 1 heterocycles. The fourth-order valence-corrected chi connectivity index (χ4v) is 1.93. The molecule has 1 aliphatic heterocycles. The largest absolute Gasteiger partial charge is 0.326 e. The molecule has 1 saturated heterocycles. The minimum atomic E-state index is -0.000689. The molecule has 0 aromatic rings. The summed E-state index contributed by atoms with van der Waals surface area (Å²) in [6.07, 6.45) is 2.48. The summed E-state index contributed by atoms with van der Waals surface area (Å²) >= 11 is 0. The predicted octanol–water partition coefficient (Wildman–Crippen LogP) is 1.59. The van der Waals surface area contributed by atoms with Crippen molar-refractivity contribution >= 4 is 5.91 Å². The van der Waals surface area contributed by atoms with Crippen LogP contribution >= 0.6 is 0 Å². The van der Waals surface area contributed by atoms with Crippen molar-refractivity contribution in [3.8, 4) is 0 Å². The normalized spacial score (nSPS) is 27.8. The van der Waals surface area contributed by atoms with Crippen molar-refractivity contribution in [1.29, 1.82) is 0 Å². The van der Waals surface area contributed by atoms with Gasteiger partial charge in [-0.1, -0.05) is 27.2 Å². The Kier molecular flexibility index (Phi) is 3.93. The van der Waals surface area contributed by atoms with E-state index in [1.54, 1.807) is 0 Å². The number of hydrogen-bond acceptors (Lipinski definition) is 2. The summed E-state index contributed by atoms with van der Waals surface area (Å²) in [6, 6.07) is -0.000689. The van der Waals surface area contributed by atoms with E-state index in [2.05, 4.69) is 26.1 Å². The summed E-state index contributed by atoms with van der Waals surface area (Å²) in [4.78, 5) is 13.8. The van der Waals surface area contributed by atoms with E-state index >= 15 is 0 Å². The van der Waals surface area contributed by atoms with Gasteiger partial charge in [-0.05, 0) is 19.3 Å². The van der Waals surface area contributed by atoms with E-state index in [1.165, 1.54) is 0 Å². The molecule has 0 aromatic carbocycles. The van der Waals surface area contributed by atoms with Crippen molar-refractivity contribution in [3.63, 3.8) is 0 Å². The van der Waals surface area contributed by atoms with Gasteiger partial charge in [-0.15, -0.1) is 0 Å². The third kappa shape index (κ3) is 2.27. The number of rotatable bonds is 4. The molecule has 2 unspecified atom stereocenters. The molecule has 0 aromatic heterocycles. The third-order valence-electron chi connectivity index (χ3n) is 2.79. The van der Waals surface area contributed by atoms with Crippen molar-refractivity contribution in [1.82, 2.24) is 10.2 Å². The van der Waals surface area contributed by atoms with Crippen LogP contribution in [0.1, 0.15) is 40.5 Å². The van der Waals surface area contributed by atoms with Crippen molar-refractivity contribution in [3.05, 3.63) is 0 Å². The van der Waals surface area contributed by atoms with Crippen LogP contribution in [-0.2, 0) is 4.79 Å². The molecule has 1 aliphatic rings. The van der Waals surface area contributed by atoms with Crippen LogP contribution in [0.5, 0.6) is 0 Å². The molecule has 0 saturated carbocycles. The van der Waals surface area contributed by atoms with Crippen LogP contribution in [0.25, 0.3) is 0 Å². The molecule has 0 radical (unpaired) electrons. The first kappa shape index (κ1) is 11.5. The Morgan fingerprint density at radius 3 is 2.64 bits per heavy atom. The molecular formula is C11H22N2O. The van der Waals surface area contributed by atoms with Crippen LogP contribution in [0.3, 0.4) is 0 Å². The summed E-state index contributed by atoms with van der Waals surface area (Å²) in [5, 5.41) is 3.34. The van der Waals surface area contributed by atoms with E-state index in [-0.39, 0.29) is 18.1 Å². The molecule has 3 heteroatoms. The molecule has 1 rings (SSSR count). The number of carbonyl (C=O) groups excluding carboxylic acids is 1. The Morgan fingerprint density at radius 1 is 1.50 bits per heavy atom. The number of nitrogens with zero attached hydrogens (tertiary/aromatic N) is 1. The van der Waals surface area contributed by atoms with Gasteiger partial charge in [-0.2, -0.15) is 0 Å². The van der Waals surface area contributed by atoms with Crippen molar-refractivity contribution in [2.75, 3.05) is 6.54 Å². The number of unbranched alkanes of at least 4 members (excludes halogenated alkanes) is 1. The lowest BCUT2D eigenvalue weighted by Crippen LogP contribution is -2.41. The molecule has 0 bridgehead atoms. The minimum absolute atomic E-state index is 0.000689. The fraction of sp³-hybridized carbons (Fsp3) is 0.909. The van der Waals surface area contributed by atoms with Crippen molar-refractivity contribution < 1.29 is 4.79 Å². The molecule has 14 heavy (non-hydrogen) atoms. The maximum atomic E-state index is 11.8. The van der Waals surface area contributed by atoms with Gasteiger partial charge in [0.2, 0.25) is 5.91 Å². The van der Waals surface area contributed by atoms with Crippen LogP contribution < -0.4 is 5.32 Å². The second kappa shape index (κ2) is 4.78. The summed E-state index contributed by atoms with van der Waals surface area (Å²) in [5.41, 5.74) is 0.